The summed E-state index contributed by atoms with van der Waals surface area (Å²) in [5, 5.41) is 0. The number of carbonyl (C=O) groups excluding carboxylic acids is 1. The fraction of sp³-hybridized carbons (Fsp3) is 0.654. The maximum absolute atomic E-state index is 12.0. The van der Waals surface area contributed by atoms with Gasteiger partial charge >= 0.3 is 0 Å². The predicted octanol–water partition coefficient (Wildman–Crippen LogP) is 6.38. The minimum Gasteiger partial charge on any atom is -0.295 e. The highest BCUT2D eigenvalue weighted by atomic mass is 16.1. The van der Waals surface area contributed by atoms with Gasteiger partial charge < -0.3 is 0 Å². The van der Waals surface area contributed by atoms with E-state index in [0.29, 0.717) is 16.6 Å². The number of rotatable bonds is 2. The van der Waals surface area contributed by atoms with Gasteiger partial charge in [0.25, 0.3) is 0 Å². The SMILES string of the molecule is C[C@]12CC[C@H]3[C@@H](CCC4=CC(=O)CC[C@@]43C)[C@@H]1CC[C@@H]2Cc1ccccc1. The van der Waals surface area contributed by atoms with Gasteiger partial charge in [0.05, 0.1) is 0 Å². The first-order chi connectivity index (χ1) is 13.0. The third-order valence-corrected chi connectivity index (χ3v) is 9.48. The van der Waals surface area contributed by atoms with Crippen LogP contribution in [0.25, 0.3) is 0 Å². The molecule has 6 atom stereocenters. The molecule has 0 saturated heterocycles. The second-order valence-electron chi connectivity index (χ2n) is 10.5. The molecule has 0 heterocycles. The third kappa shape index (κ3) is 2.68. The number of hydrogen-bond donors (Lipinski definition) is 0. The molecular weight excluding hydrogens is 328 g/mol. The molecule has 0 unspecified atom stereocenters. The van der Waals surface area contributed by atoms with Crippen molar-refractivity contribution in [3.63, 3.8) is 0 Å². The lowest BCUT2D eigenvalue weighted by atomic mass is 9.46. The molecule has 0 aromatic heterocycles. The molecule has 0 aliphatic heterocycles. The summed E-state index contributed by atoms with van der Waals surface area (Å²) in [7, 11) is 0. The molecule has 4 aliphatic rings. The standard InChI is InChI=1S/C26H34O/c1-25-14-12-21(27)17-20(25)8-10-22-23-11-9-19(16-18-6-4-3-5-7-18)26(23,2)15-13-24(22)25/h3-7,17,19,22-24H,8-16H2,1-2H3/t19-,22+,23+,24+,25+,26-/m1/s1. The molecule has 144 valence electrons. The Morgan fingerprint density at radius 1 is 0.926 bits per heavy atom. The summed E-state index contributed by atoms with van der Waals surface area (Å²) in [4.78, 5) is 12.0. The molecule has 1 aromatic carbocycles. The van der Waals surface area contributed by atoms with Gasteiger partial charge in [0.15, 0.2) is 5.78 Å². The van der Waals surface area contributed by atoms with Crippen LogP contribution in [-0.2, 0) is 11.2 Å². The second kappa shape index (κ2) is 6.33. The molecule has 5 rings (SSSR count). The van der Waals surface area contributed by atoms with Crippen LogP contribution in [0.2, 0.25) is 0 Å². The van der Waals surface area contributed by atoms with Crippen LogP contribution in [0.3, 0.4) is 0 Å². The van der Waals surface area contributed by atoms with Crippen molar-refractivity contribution >= 4 is 5.78 Å². The molecule has 0 spiro atoms. The van der Waals surface area contributed by atoms with E-state index >= 15 is 0 Å². The van der Waals surface area contributed by atoms with Crippen LogP contribution in [0, 0.1) is 34.5 Å². The number of allylic oxidation sites excluding steroid dienone is 1. The van der Waals surface area contributed by atoms with Crippen molar-refractivity contribution in [1.82, 2.24) is 0 Å². The van der Waals surface area contributed by atoms with Gasteiger partial charge in [0.2, 0.25) is 0 Å². The summed E-state index contributed by atoms with van der Waals surface area (Å²) in [6.45, 7) is 5.13. The molecular formula is C26H34O. The van der Waals surface area contributed by atoms with Crippen molar-refractivity contribution in [3.8, 4) is 0 Å². The monoisotopic (exact) mass is 362 g/mol. The summed E-state index contributed by atoms with van der Waals surface area (Å²) in [6.07, 6.45) is 13.3. The zero-order valence-electron chi connectivity index (χ0n) is 17.0. The molecule has 1 aromatic rings. The van der Waals surface area contributed by atoms with E-state index in [1.165, 1.54) is 56.1 Å². The van der Waals surface area contributed by atoms with Crippen LogP contribution >= 0.6 is 0 Å². The van der Waals surface area contributed by atoms with Crippen molar-refractivity contribution in [2.45, 2.75) is 71.6 Å². The molecule has 0 radical (unpaired) electrons. The Morgan fingerprint density at radius 3 is 2.56 bits per heavy atom. The van der Waals surface area contributed by atoms with Gasteiger partial charge in [-0.15, -0.1) is 0 Å². The highest BCUT2D eigenvalue weighted by molar-refractivity contribution is 5.91. The number of ketones is 1. The van der Waals surface area contributed by atoms with Crippen LogP contribution in [0.5, 0.6) is 0 Å². The Morgan fingerprint density at radius 2 is 1.74 bits per heavy atom. The molecule has 0 bridgehead atoms. The fourth-order valence-corrected chi connectivity index (χ4v) is 7.90. The largest absolute Gasteiger partial charge is 0.295 e. The quantitative estimate of drug-likeness (QED) is 0.597. The van der Waals surface area contributed by atoms with Crippen LogP contribution in [0.15, 0.2) is 42.0 Å². The summed E-state index contributed by atoms with van der Waals surface area (Å²) < 4.78 is 0. The molecule has 1 nitrogen and oxygen atoms in total. The van der Waals surface area contributed by atoms with Gasteiger partial charge in [-0.3, -0.25) is 4.79 Å². The topological polar surface area (TPSA) is 17.1 Å². The lowest BCUT2D eigenvalue weighted by molar-refractivity contribution is -0.117. The minimum absolute atomic E-state index is 0.315. The van der Waals surface area contributed by atoms with Gasteiger partial charge in [-0.05, 0) is 97.5 Å². The van der Waals surface area contributed by atoms with E-state index in [1.54, 1.807) is 0 Å². The number of benzene rings is 1. The molecule has 0 N–H and O–H groups in total. The summed E-state index contributed by atoms with van der Waals surface area (Å²) in [6, 6.07) is 11.2. The first-order valence-corrected chi connectivity index (χ1v) is 11.3. The lowest BCUT2D eigenvalue weighted by Gasteiger charge is -2.58. The highest BCUT2D eigenvalue weighted by Gasteiger charge is 2.58. The van der Waals surface area contributed by atoms with E-state index in [0.717, 1.165) is 36.5 Å². The second-order valence-corrected chi connectivity index (χ2v) is 10.5. The van der Waals surface area contributed by atoms with Crippen molar-refractivity contribution in [3.05, 3.63) is 47.5 Å². The van der Waals surface area contributed by atoms with E-state index in [2.05, 4.69) is 44.2 Å². The summed E-state index contributed by atoms with van der Waals surface area (Å²) in [5.41, 5.74) is 3.87. The van der Waals surface area contributed by atoms with E-state index in [4.69, 9.17) is 0 Å². The van der Waals surface area contributed by atoms with Gasteiger partial charge in [-0.1, -0.05) is 49.8 Å². The molecule has 27 heavy (non-hydrogen) atoms. The van der Waals surface area contributed by atoms with E-state index in [9.17, 15) is 4.79 Å². The third-order valence-electron chi connectivity index (χ3n) is 9.48. The van der Waals surface area contributed by atoms with Gasteiger partial charge in [0.1, 0.15) is 0 Å². The van der Waals surface area contributed by atoms with Crippen LogP contribution in [0.1, 0.15) is 70.8 Å². The van der Waals surface area contributed by atoms with E-state index < -0.39 is 0 Å². The Bertz CT molecular complexity index is 762. The smallest absolute Gasteiger partial charge is 0.155 e. The predicted molar refractivity (Wildman–Crippen MR) is 110 cm³/mol. The molecule has 1 heteroatoms. The Labute approximate surface area is 164 Å². The van der Waals surface area contributed by atoms with E-state index in [1.807, 2.05) is 6.08 Å². The molecule has 4 aliphatic carbocycles. The fourth-order valence-electron chi connectivity index (χ4n) is 7.90. The number of fused-ring (bicyclic) bond motifs is 5. The van der Waals surface area contributed by atoms with Crippen LogP contribution < -0.4 is 0 Å². The van der Waals surface area contributed by atoms with Gasteiger partial charge in [0, 0.05) is 6.42 Å². The summed E-state index contributed by atoms with van der Waals surface area (Å²) >= 11 is 0. The van der Waals surface area contributed by atoms with E-state index in [-0.39, 0.29) is 0 Å². The average Bonchev–Trinajstić information content (AvgIpc) is 3.00. The van der Waals surface area contributed by atoms with Crippen molar-refractivity contribution in [2.75, 3.05) is 0 Å². The Balaban J connectivity index is 1.40. The maximum atomic E-state index is 12.0. The number of carbonyl (C=O) groups is 1. The van der Waals surface area contributed by atoms with Crippen molar-refractivity contribution in [2.24, 2.45) is 34.5 Å². The van der Waals surface area contributed by atoms with Crippen LogP contribution in [0.4, 0.5) is 0 Å². The molecule has 0 amide bonds. The van der Waals surface area contributed by atoms with Crippen molar-refractivity contribution in [1.29, 1.82) is 0 Å². The van der Waals surface area contributed by atoms with Gasteiger partial charge in [-0.25, -0.2) is 0 Å². The number of hydrogen-bond acceptors (Lipinski definition) is 1. The first-order valence-electron chi connectivity index (χ1n) is 11.3. The van der Waals surface area contributed by atoms with Crippen LogP contribution in [-0.4, -0.2) is 5.78 Å². The zero-order valence-corrected chi connectivity index (χ0v) is 17.0. The summed E-state index contributed by atoms with van der Waals surface area (Å²) in [5.74, 6) is 3.84. The molecule has 3 saturated carbocycles. The molecule has 3 fully saturated rings. The maximum Gasteiger partial charge on any atom is 0.155 e. The Kier molecular flexibility index (Phi) is 4.15. The average molecular weight is 363 g/mol. The van der Waals surface area contributed by atoms with Gasteiger partial charge in [-0.2, -0.15) is 0 Å². The zero-order chi connectivity index (χ0) is 18.6. The highest BCUT2D eigenvalue weighted by Crippen LogP contribution is 2.66. The Hall–Kier alpha value is -1.37. The first kappa shape index (κ1) is 17.7. The normalized spacial score (nSPS) is 43.5. The minimum atomic E-state index is 0.315. The van der Waals surface area contributed by atoms with Crippen molar-refractivity contribution < 1.29 is 4.79 Å². The lowest BCUT2D eigenvalue weighted by Crippen LogP contribution is -2.50.